The van der Waals surface area contributed by atoms with Gasteiger partial charge in [0.25, 0.3) is 0 Å². The molecule has 2 rings (SSSR count). The van der Waals surface area contributed by atoms with E-state index in [0.717, 1.165) is 11.3 Å². The van der Waals surface area contributed by atoms with Crippen LogP contribution < -0.4 is 9.47 Å². The summed E-state index contributed by atoms with van der Waals surface area (Å²) in [5.74, 6) is 1.03. The van der Waals surface area contributed by atoms with Gasteiger partial charge in [-0.05, 0) is 29.3 Å². The van der Waals surface area contributed by atoms with Gasteiger partial charge in [0.15, 0.2) is 0 Å². The van der Waals surface area contributed by atoms with Crippen molar-refractivity contribution in [3.05, 3.63) is 46.3 Å². The van der Waals surface area contributed by atoms with Crippen molar-refractivity contribution in [2.75, 3.05) is 7.11 Å². The Morgan fingerprint density at radius 3 is 2.89 bits per heavy atom. The molecule has 0 bridgehead atoms. The van der Waals surface area contributed by atoms with Crippen LogP contribution in [-0.2, 0) is 6.61 Å². The fraction of sp³-hybridized carbons (Fsp3) is 0.167. The van der Waals surface area contributed by atoms with Crippen LogP contribution in [0.4, 0.5) is 0 Å². The Bertz CT molecular complexity index is 549. The van der Waals surface area contributed by atoms with Gasteiger partial charge in [0.05, 0.1) is 13.3 Å². The Balaban J connectivity index is 2.08. The molecule has 1 aromatic carbocycles. The fourth-order valence-corrected chi connectivity index (χ4v) is 1.62. The Kier molecular flexibility index (Phi) is 4.23. The predicted octanol–water partition coefficient (Wildman–Crippen LogP) is 3.37. The molecular formula is C12H10Cl2N2O2. The molecule has 0 amide bonds. The van der Waals surface area contributed by atoms with Gasteiger partial charge < -0.3 is 9.47 Å². The minimum absolute atomic E-state index is 0.0973. The van der Waals surface area contributed by atoms with E-state index in [0.29, 0.717) is 11.6 Å². The molecule has 0 aliphatic carbocycles. The van der Waals surface area contributed by atoms with E-state index < -0.39 is 0 Å². The Morgan fingerprint density at radius 2 is 2.11 bits per heavy atom. The minimum atomic E-state index is 0.0973. The summed E-state index contributed by atoms with van der Waals surface area (Å²) < 4.78 is 10.6. The van der Waals surface area contributed by atoms with Crippen molar-refractivity contribution < 1.29 is 9.47 Å². The number of nitrogens with zero attached hydrogens (tertiary/aromatic N) is 2. The number of benzene rings is 1. The van der Waals surface area contributed by atoms with E-state index in [-0.39, 0.29) is 11.2 Å². The smallest absolute Gasteiger partial charge is 0.237 e. The van der Waals surface area contributed by atoms with Crippen molar-refractivity contribution in [2.24, 2.45) is 0 Å². The predicted molar refractivity (Wildman–Crippen MR) is 69.4 cm³/mol. The molecule has 0 spiro atoms. The van der Waals surface area contributed by atoms with Crippen LogP contribution in [0, 0.1) is 0 Å². The number of hydrogen-bond acceptors (Lipinski definition) is 4. The van der Waals surface area contributed by atoms with Crippen molar-refractivity contribution >= 4 is 23.2 Å². The topological polar surface area (TPSA) is 44.2 Å². The molecule has 0 N–H and O–H groups in total. The lowest BCUT2D eigenvalue weighted by molar-refractivity contribution is 0.292. The summed E-state index contributed by atoms with van der Waals surface area (Å²) >= 11 is 11.6. The van der Waals surface area contributed by atoms with Crippen molar-refractivity contribution in [2.45, 2.75) is 6.61 Å². The van der Waals surface area contributed by atoms with Gasteiger partial charge in [-0.25, -0.2) is 4.98 Å². The summed E-state index contributed by atoms with van der Waals surface area (Å²) in [5, 5.41) is 0.419. The highest BCUT2D eigenvalue weighted by Gasteiger charge is 2.06. The molecule has 94 valence electrons. The van der Waals surface area contributed by atoms with Crippen LogP contribution in [0.1, 0.15) is 5.56 Å². The zero-order chi connectivity index (χ0) is 13.0. The quantitative estimate of drug-likeness (QED) is 0.808. The van der Waals surface area contributed by atoms with Crippen LogP contribution in [0.5, 0.6) is 11.6 Å². The average molecular weight is 285 g/mol. The molecule has 0 saturated carbocycles. The zero-order valence-corrected chi connectivity index (χ0v) is 11.1. The van der Waals surface area contributed by atoms with E-state index in [2.05, 4.69) is 9.97 Å². The van der Waals surface area contributed by atoms with Crippen LogP contribution >= 0.6 is 23.2 Å². The monoisotopic (exact) mass is 284 g/mol. The van der Waals surface area contributed by atoms with Gasteiger partial charge in [-0.15, -0.1) is 0 Å². The summed E-state index contributed by atoms with van der Waals surface area (Å²) in [5.41, 5.74) is 0.945. The Hall–Kier alpha value is -1.52. The molecule has 1 heterocycles. The van der Waals surface area contributed by atoms with Crippen LogP contribution in [-0.4, -0.2) is 17.1 Å². The Morgan fingerprint density at radius 1 is 1.28 bits per heavy atom. The number of hydrogen-bond donors (Lipinski definition) is 0. The lowest BCUT2D eigenvalue weighted by Gasteiger charge is -2.07. The van der Waals surface area contributed by atoms with Gasteiger partial charge in [0, 0.05) is 0 Å². The zero-order valence-electron chi connectivity index (χ0n) is 9.56. The molecule has 2 aromatic rings. The second kappa shape index (κ2) is 5.89. The molecule has 1 aromatic heterocycles. The maximum absolute atomic E-state index is 5.89. The molecule has 6 heteroatoms. The number of aromatic nitrogens is 2. The molecule has 0 fully saturated rings. The first kappa shape index (κ1) is 12.9. The van der Waals surface area contributed by atoms with Gasteiger partial charge in [-0.2, -0.15) is 4.98 Å². The Labute approximate surface area is 114 Å². The second-order valence-corrected chi connectivity index (χ2v) is 4.18. The molecule has 0 unspecified atom stereocenters. The van der Waals surface area contributed by atoms with E-state index in [9.17, 15) is 0 Å². The highest BCUT2D eigenvalue weighted by molar-refractivity contribution is 6.32. The van der Waals surface area contributed by atoms with Crippen molar-refractivity contribution in [3.63, 3.8) is 0 Å². The van der Waals surface area contributed by atoms with Crippen LogP contribution in [0.25, 0.3) is 0 Å². The van der Waals surface area contributed by atoms with Crippen LogP contribution in [0.15, 0.2) is 30.5 Å². The molecule has 0 atom stereocenters. The number of rotatable bonds is 4. The first-order valence-corrected chi connectivity index (χ1v) is 5.88. The average Bonchev–Trinajstić information content (AvgIpc) is 2.40. The van der Waals surface area contributed by atoms with Crippen molar-refractivity contribution in [1.29, 1.82) is 0 Å². The summed E-state index contributed by atoms with van der Waals surface area (Å²) in [6.45, 7) is 0.324. The van der Waals surface area contributed by atoms with E-state index in [1.165, 1.54) is 6.20 Å². The van der Waals surface area contributed by atoms with E-state index in [4.69, 9.17) is 32.7 Å². The van der Waals surface area contributed by atoms with Crippen molar-refractivity contribution in [1.82, 2.24) is 9.97 Å². The normalized spacial score (nSPS) is 10.2. The van der Waals surface area contributed by atoms with E-state index in [1.807, 2.05) is 24.3 Å². The molecule has 4 nitrogen and oxygen atoms in total. The highest BCUT2D eigenvalue weighted by atomic mass is 35.5. The standard InChI is InChI=1S/C12H10Cl2N2O2/c1-17-9-4-2-3-8(5-9)7-18-11-10(13)6-15-12(14)16-11/h2-6H,7H2,1H3. The number of halogens is 2. The van der Waals surface area contributed by atoms with Crippen molar-refractivity contribution in [3.8, 4) is 11.6 Å². The summed E-state index contributed by atoms with van der Waals surface area (Å²) in [7, 11) is 1.61. The largest absolute Gasteiger partial charge is 0.497 e. The number of ether oxygens (including phenoxy) is 2. The lowest BCUT2D eigenvalue weighted by atomic mass is 10.2. The molecule has 0 aliphatic heterocycles. The molecule has 0 saturated heterocycles. The molecule has 18 heavy (non-hydrogen) atoms. The van der Waals surface area contributed by atoms with Gasteiger partial charge in [0.1, 0.15) is 17.4 Å². The van der Waals surface area contributed by atoms with Crippen LogP contribution in [0.3, 0.4) is 0 Å². The fourth-order valence-electron chi connectivity index (χ4n) is 1.35. The van der Waals surface area contributed by atoms with Gasteiger partial charge >= 0.3 is 0 Å². The van der Waals surface area contributed by atoms with Crippen LogP contribution in [0.2, 0.25) is 10.3 Å². The third kappa shape index (κ3) is 3.24. The van der Waals surface area contributed by atoms with E-state index in [1.54, 1.807) is 7.11 Å². The maximum atomic E-state index is 5.89. The third-order valence-corrected chi connectivity index (χ3v) is 2.63. The second-order valence-electron chi connectivity index (χ2n) is 3.43. The first-order valence-electron chi connectivity index (χ1n) is 5.13. The van der Waals surface area contributed by atoms with Gasteiger partial charge in [-0.3, -0.25) is 0 Å². The molecule has 0 radical (unpaired) electrons. The highest BCUT2D eigenvalue weighted by Crippen LogP contribution is 2.23. The van der Waals surface area contributed by atoms with Gasteiger partial charge in [0.2, 0.25) is 11.2 Å². The summed E-state index contributed by atoms with van der Waals surface area (Å²) in [6, 6.07) is 7.53. The van der Waals surface area contributed by atoms with E-state index >= 15 is 0 Å². The minimum Gasteiger partial charge on any atom is -0.497 e. The summed E-state index contributed by atoms with van der Waals surface area (Å²) in [4.78, 5) is 7.64. The first-order chi connectivity index (χ1) is 8.69. The molecule has 0 aliphatic rings. The SMILES string of the molecule is COc1cccc(COc2nc(Cl)ncc2Cl)c1. The van der Waals surface area contributed by atoms with Gasteiger partial charge in [-0.1, -0.05) is 23.7 Å². The lowest BCUT2D eigenvalue weighted by Crippen LogP contribution is -1.99. The maximum Gasteiger partial charge on any atom is 0.237 e. The number of methoxy groups -OCH3 is 1. The summed E-state index contributed by atoms with van der Waals surface area (Å²) in [6.07, 6.45) is 1.40. The third-order valence-electron chi connectivity index (χ3n) is 2.19. The molecular weight excluding hydrogens is 275 g/mol.